The van der Waals surface area contributed by atoms with Gasteiger partial charge in [0, 0.05) is 49.5 Å². The van der Waals surface area contributed by atoms with Crippen molar-refractivity contribution in [1.82, 2.24) is 15.1 Å². The van der Waals surface area contributed by atoms with Crippen molar-refractivity contribution >= 4 is 45.6 Å². The van der Waals surface area contributed by atoms with E-state index in [9.17, 15) is 19.2 Å². The van der Waals surface area contributed by atoms with E-state index in [1.807, 2.05) is 34.6 Å². The van der Waals surface area contributed by atoms with Gasteiger partial charge in [0.2, 0.25) is 0 Å². The molecule has 0 unspecified atom stereocenters. The van der Waals surface area contributed by atoms with Gasteiger partial charge in [-0.1, -0.05) is 0 Å². The van der Waals surface area contributed by atoms with Crippen molar-refractivity contribution in [2.24, 2.45) is 0 Å². The summed E-state index contributed by atoms with van der Waals surface area (Å²) in [5, 5.41) is 2.63. The molecular weight excluding hydrogens is 624 g/mol. The minimum Gasteiger partial charge on any atom is -0.475 e. The van der Waals surface area contributed by atoms with Gasteiger partial charge in [0.05, 0.1) is 37.6 Å². The smallest absolute Gasteiger partial charge is 0.410 e. The van der Waals surface area contributed by atoms with Gasteiger partial charge >= 0.3 is 12.2 Å². The van der Waals surface area contributed by atoms with Gasteiger partial charge < -0.3 is 39.0 Å². The van der Waals surface area contributed by atoms with Crippen LogP contribution < -0.4 is 15.0 Å². The zero-order chi connectivity index (χ0) is 31.5. The first-order chi connectivity index (χ1) is 20.3. The van der Waals surface area contributed by atoms with Crippen molar-refractivity contribution in [1.29, 1.82) is 0 Å². The number of alkyl carbamates (subject to hydrolysis) is 1. The molecule has 1 spiro atoms. The van der Waals surface area contributed by atoms with Crippen LogP contribution in [0.5, 0.6) is 5.75 Å². The summed E-state index contributed by atoms with van der Waals surface area (Å²) in [5.74, 6) is -0.00306. The Morgan fingerprint density at radius 1 is 1.21 bits per heavy atom. The molecule has 12 nitrogen and oxygen atoms in total. The van der Waals surface area contributed by atoms with Crippen molar-refractivity contribution in [3.63, 3.8) is 0 Å². The van der Waals surface area contributed by atoms with Crippen LogP contribution in [0, 0.1) is 0 Å². The molecule has 43 heavy (non-hydrogen) atoms. The highest BCUT2D eigenvalue weighted by atomic mass is 79.9. The molecule has 2 saturated heterocycles. The Bertz CT molecular complexity index is 1230. The van der Waals surface area contributed by atoms with Crippen LogP contribution in [-0.4, -0.2) is 104 Å². The van der Waals surface area contributed by atoms with Crippen LogP contribution in [0.3, 0.4) is 0 Å². The summed E-state index contributed by atoms with van der Waals surface area (Å²) in [4.78, 5) is 57.8. The number of nitrogens with one attached hydrogen (secondary N) is 1. The SMILES string of the molecule is COC(=O)NCCN1C(=O)C2(CCOCC2)Oc2cc(Br)c(C(=O)N(C(C)C)[C@@H]3CCCN(C(=O)OC(C)(C)C)C3)cc21. The van der Waals surface area contributed by atoms with Crippen LogP contribution in [0.2, 0.25) is 0 Å². The minimum atomic E-state index is -1.08. The van der Waals surface area contributed by atoms with Gasteiger partial charge in [-0.3, -0.25) is 9.59 Å². The number of hydrogen-bond acceptors (Lipinski definition) is 8. The molecule has 1 aromatic carbocycles. The fourth-order valence-electron chi connectivity index (χ4n) is 5.83. The third-order valence-electron chi connectivity index (χ3n) is 7.83. The molecule has 0 aromatic heterocycles. The summed E-state index contributed by atoms with van der Waals surface area (Å²) in [7, 11) is 1.27. The van der Waals surface area contributed by atoms with Crippen molar-refractivity contribution in [3.05, 3.63) is 22.2 Å². The molecule has 2 fully saturated rings. The summed E-state index contributed by atoms with van der Waals surface area (Å²) in [6.45, 7) is 11.4. The molecule has 1 aromatic rings. The van der Waals surface area contributed by atoms with Gasteiger partial charge in [0.1, 0.15) is 11.4 Å². The molecule has 13 heteroatoms. The van der Waals surface area contributed by atoms with Crippen molar-refractivity contribution < 1.29 is 38.1 Å². The Morgan fingerprint density at radius 2 is 1.91 bits per heavy atom. The van der Waals surface area contributed by atoms with E-state index in [-0.39, 0.29) is 37.0 Å². The zero-order valence-electron chi connectivity index (χ0n) is 25.9. The first kappa shape index (κ1) is 32.8. The fraction of sp³-hybridized carbons (Fsp3) is 0.667. The number of rotatable bonds is 6. The van der Waals surface area contributed by atoms with Crippen molar-refractivity contribution in [2.45, 2.75) is 83.6 Å². The van der Waals surface area contributed by atoms with Gasteiger partial charge in [-0.15, -0.1) is 0 Å². The standard InChI is InChI=1S/C30H43BrN4O8/c1-19(2)35(20-8-7-12-33(18-20)28(39)43-29(3,4)5)25(36)21-16-23-24(17-22(21)31)42-30(9-14-41-15-10-30)26(37)34(23)13-11-32-27(38)40-6/h16-17,19-20H,7-15,18H2,1-6H3,(H,32,38)/t20-/m1/s1. The third kappa shape index (κ3) is 7.36. The number of piperidine rings is 1. The predicted molar refractivity (Wildman–Crippen MR) is 162 cm³/mol. The molecule has 0 aliphatic carbocycles. The van der Waals surface area contributed by atoms with Crippen LogP contribution in [0.25, 0.3) is 0 Å². The number of anilines is 1. The quantitative estimate of drug-likeness (QED) is 0.475. The molecule has 1 N–H and O–H groups in total. The van der Waals surface area contributed by atoms with Crippen LogP contribution in [-0.2, 0) is 19.0 Å². The largest absolute Gasteiger partial charge is 0.475 e. The molecule has 4 amide bonds. The molecule has 3 aliphatic heterocycles. The molecule has 0 radical (unpaired) electrons. The first-order valence-electron chi connectivity index (χ1n) is 14.8. The molecule has 3 heterocycles. The highest BCUT2D eigenvalue weighted by Crippen LogP contribution is 2.44. The number of ether oxygens (including phenoxy) is 4. The van der Waals surface area contributed by atoms with Crippen LogP contribution >= 0.6 is 15.9 Å². The first-order valence-corrected chi connectivity index (χ1v) is 15.6. The Morgan fingerprint density at radius 3 is 2.53 bits per heavy atom. The summed E-state index contributed by atoms with van der Waals surface area (Å²) in [5.41, 5.74) is -0.888. The minimum absolute atomic E-state index is 0.143. The average Bonchev–Trinajstić information content (AvgIpc) is 2.94. The Kier molecular flexibility index (Phi) is 10.2. The van der Waals surface area contributed by atoms with Crippen LogP contribution in [0.4, 0.5) is 15.3 Å². The lowest BCUT2D eigenvalue weighted by Gasteiger charge is -2.45. The van der Waals surface area contributed by atoms with E-state index in [0.29, 0.717) is 60.6 Å². The lowest BCUT2D eigenvalue weighted by molar-refractivity contribution is -0.144. The number of amides is 4. The Hall–Kier alpha value is -3.06. The van der Waals surface area contributed by atoms with Crippen LogP contribution in [0.15, 0.2) is 16.6 Å². The third-order valence-corrected chi connectivity index (χ3v) is 8.49. The molecule has 3 aliphatic rings. The highest BCUT2D eigenvalue weighted by Gasteiger charge is 2.49. The van der Waals surface area contributed by atoms with Gasteiger partial charge in [0.15, 0.2) is 5.60 Å². The second-order valence-electron chi connectivity index (χ2n) is 12.4. The van der Waals surface area contributed by atoms with Gasteiger partial charge in [-0.25, -0.2) is 9.59 Å². The summed E-state index contributed by atoms with van der Waals surface area (Å²) in [6.07, 6.45) is 1.26. The Labute approximate surface area is 261 Å². The number of fused-ring (bicyclic) bond motifs is 1. The van der Waals surface area contributed by atoms with E-state index in [2.05, 4.69) is 26.0 Å². The number of hydrogen-bond donors (Lipinski definition) is 1. The van der Waals surface area contributed by atoms with E-state index in [0.717, 1.165) is 12.8 Å². The molecular formula is C30H43BrN4O8. The maximum Gasteiger partial charge on any atom is 0.410 e. The topological polar surface area (TPSA) is 127 Å². The second kappa shape index (κ2) is 13.3. The molecule has 0 bridgehead atoms. The number of likely N-dealkylation sites (tertiary alicyclic amines) is 1. The molecule has 238 valence electrons. The van der Waals surface area contributed by atoms with E-state index in [1.54, 1.807) is 26.8 Å². The number of methoxy groups -OCH3 is 1. The number of nitrogens with zero attached hydrogens (tertiary/aromatic N) is 3. The normalized spacial score (nSPS) is 19.9. The van der Waals surface area contributed by atoms with Crippen molar-refractivity contribution in [3.8, 4) is 5.75 Å². The van der Waals surface area contributed by atoms with Crippen molar-refractivity contribution in [2.75, 3.05) is 51.4 Å². The number of benzene rings is 1. The monoisotopic (exact) mass is 666 g/mol. The number of carbonyl (C=O) groups excluding carboxylic acids is 4. The average molecular weight is 668 g/mol. The number of halogens is 1. The van der Waals surface area contributed by atoms with E-state index < -0.39 is 23.4 Å². The fourth-order valence-corrected chi connectivity index (χ4v) is 6.32. The van der Waals surface area contributed by atoms with Gasteiger partial charge in [-0.05, 0) is 75.5 Å². The maximum atomic E-state index is 14.3. The summed E-state index contributed by atoms with van der Waals surface area (Å²) in [6, 6.07) is 3.02. The highest BCUT2D eigenvalue weighted by molar-refractivity contribution is 9.10. The van der Waals surface area contributed by atoms with Gasteiger partial charge in [-0.2, -0.15) is 0 Å². The lowest BCUT2D eigenvalue weighted by atomic mass is 9.90. The molecule has 1 atom stereocenters. The van der Waals surface area contributed by atoms with E-state index in [4.69, 9.17) is 14.2 Å². The van der Waals surface area contributed by atoms with E-state index >= 15 is 0 Å². The zero-order valence-corrected chi connectivity index (χ0v) is 27.5. The van der Waals surface area contributed by atoms with Crippen LogP contribution in [0.1, 0.15) is 70.7 Å². The second-order valence-corrected chi connectivity index (χ2v) is 13.3. The number of carbonyl (C=O) groups is 4. The Balaban J connectivity index is 1.65. The van der Waals surface area contributed by atoms with Gasteiger partial charge in [0.25, 0.3) is 11.8 Å². The predicted octanol–water partition coefficient (Wildman–Crippen LogP) is 4.33. The lowest BCUT2D eigenvalue weighted by Crippen LogP contribution is -2.59. The van der Waals surface area contributed by atoms with E-state index in [1.165, 1.54) is 7.11 Å². The summed E-state index contributed by atoms with van der Waals surface area (Å²) < 4.78 is 22.7. The molecule has 0 saturated carbocycles. The summed E-state index contributed by atoms with van der Waals surface area (Å²) >= 11 is 3.60. The molecule has 4 rings (SSSR count). The maximum absolute atomic E-state index is 14.3.